The van der Waals surface area contributed by atoms with Crippen LogP contribution in [-0.4, -0.2) is 12.9 Å². The van der Waals surface area contributed by atoms with Gasteiger partial charge in [-0.1, -0.05) is 17.7 Å². The van der Waals surface area contributed by atoms with E-state index in [1.165, 1.54) is 18.7 Å². The number of allylic oxidation sites excluding steroid dienone is 2. The van der Waals surface area contributed by atoms with Crippen molar-refractivity contribution in [3.63, 3.8) is 0 Å². The molecule has 2 rings (SSSR count). The van der Waals surface area contributed by atoms with E-state index in [4.69, 9.17) is 4.74 Å². The molecule has 90 valence electrons. The number of ether oxygens (including phenoxy) is 1. The van der Waals surface area contributed by atoms with Gasteiger partial charge < -0.3 is 4.74 Å². The molecule has 2 nitrogen and oxygen atoms in total. The number of rotatable bonds is 3. The summed E-state index contributed by atoms with van der Waals surface area (Å²) < 4.78 is 18.3. The second-order valence-electron chi connectivity index (χ2n) is 4.25. The Hall–Kier alpha value is -1.64. The normalized spacial score (nSPS) is 15.6. The average Bonchev–Trinajstić information content (AvgIpc) is 2.32. The van der Waals surface area contributed by atoms with Crippen LogP contribution in [0.3, 0.4) is 0 Å². The van der Waals surface area contributed by atoms with Crippen LogP contribution >= 0.6 is 0 Å². The lowest BCUT2D eigenvalue weighted by molar-refractivity contribution is -0.118. The molecule has 0 saturated heterocycles. The summed E-state index contributed by atoms with van der Waals surface area (Å²) in [5.41, 5.74) is 2.14. The molecule has 0 aliphatic heterocycles. The summed E-state index contributed by atoms with van der Waals surface area (Å²) >= 11 is 0. The van der Waals surface area contributed by atoms with E-state index in [0.29, 0.717) is 19.3 Å². The molecule has 0 fully saturated rings. The second-order valence-corrected chi connectivity index (χ2v) is 4.25. The second kappa shape index (κ2) is 5.13. The maximum absolute atomic E-state index is 13.5. The molecule has 0 heterocycles. The quantitative estimate of drug-likeness (QED) is 0.751. The van der Waals surface area contributed by atoms with Gasteiger partial charge in [-0.15, -0.1) is 0 Å². The number of Topliss-reactive ketones (excluding diaryl/α,β-unsaturated/α-hetero) is 1. The number of carbonyl (C=O) groups excluding carboxylic acids is 1. The minimum atomic E-state index is -0.336. The summed E-state index contributed by atoms with van der Waals surface area (Å²) in [7, 11) is 1.45. The summed E-state index contributed by atoms with van der Waals surface area (Å²) in [5, 5.41) is 0. The van der Waals surface area contributed by atoms with E-state index in [-0.39, 0.29) is 17.3 Å². The van der Waals surface area contributed by atoms with E-state index in [1.807, 2.05) is 12.1 Å². The maximum atomic E-state index is 13.5. The first-order valence-electron chi connectivity index (χ1n) is 5.71. The molecular weight excluding hydrogens is 219 g/mol. The largest absolute Gasteiger partial charge is 0.494 e. The van der Waals surface area contributed by atoms with Gasteiger partial charge in [-0.2, -0.15) is 0 Å². The fourth-order valence-corrected chi connectivity index (χ4v) is 2.00. The molecule has 0 aromatic heterocycles. The fraction of sp³-hybridized carbons (Fsp3) is 0.357. The first-order valence-corrected chi connectivity index (χ1v) is 5.71. The molecular formula is C14H15FO2. The van der Waals surface area contributed by atoms with E-state index in [9.17, 15) is 9.18 Å². The topological polar surface area (TPSA) is 26.3 Å². The van der Waals surface area contributed by atoms with E-state index < -0.39 is 0 Å². The number of hydrogen-bond donors (Lipinski definition) is 0. The first-order chi connectivity index (χ1) is 8.19. The van der Waals surface area contributed by atoms with Gasteiger partial charge in [0.1, 0.15) is 5.78 Å². The maximum Gasteiger partial charge on any atom is 0.165 e. The first kappa shape index (κ1) is 11.8. The molecule has 1 aliphatic rings. The average molecular weight is 234 g/mol. The van der Waals surface area contributed by atoms with Crippen LogP contribution in [0.2, 0.25) is 0 Å². The fourth-order valence-electron chi connectivity index (χ4n) is 2.00. The highest BCUT2D eigenvalue weighted by Crippen LogP contribution is 2.23. The predicted molar refractivity (Wildman–Crippen MR) is 63.6 cm³/mol. The molecule has 0 radical (unpaired) electrons. The summed E-state index contributed by atoms with van der Waals surface area (Å²) in [4.78, 5) is 11.1. The summed E-state index contributed by atoms with van der Waals surface area (Å²) in [5.74, 6) is 0.216. The van der Waals surface area contributed by atoms with Gasteiger partial charge in [-0.25, -0.2) is 4.39 Å². The van der Waals surface area contributed by atoms with Crippen molar-refractivity contribution in [2.75, 3.05) is 7.11 Å². The lowest BCUT2D eigenvalue weighted by Gasteiger charge is -2.12. The van der Waals surface area contributed by atoms with Gasteiger partial charge in [-0.05, 0) is 30.5 Å². The molecule has 0 spiro atoms. The molecule has 1 aromatic rings. The van der Waals surface area contributed by atoms with E-state index in [0.717, 1.165) is 12.0 Å². The Balaban J connectivity index is 2.09. The Morgan fingerprint density at radius 2 is 2.18 bits per heavy atom. The zero-order chi connectivity index (χ0) is 12.3. The van der Waals surface area contributed by atoms with Crippen molar-refractivity contribution < 1.29 is 13.9 Å². The lowest BCUT2D eigenvalue weighted by Crippen LogP contribution is -2.05. The number of ketones is 1. The van der Waals surface area contributed by atoms with Crippen LogP contribution in [0.5, 0.6) is 5.75 Å². The highest BCUT2D eigenvalue weighted by Gasteiger charge is 2.11. The molecule has 1 aromatic carbocycles. The van der Waals surface area contributed by atoms with Gasteiger partial charge in [0, 0.05) is 12.8 Å². The monoisotopic (exact) mass is 234 g/mol. The number of halogens is 1. The lowest BCUT2D eigenvalue weighted by atomic mass is 9.93. The highest BCUT2D eigenvalue weighted by atomic mass is 19.1. The zero-order valence-electron chi connectivity index (χ0n) is 9.83. The van der Waals surface area contributed by atoms with Crippen molar-refractivity contribution in [1.82, 2.24) is 0 Å². The number of methoxy groups -OCH3 is 1. The van der Waals surface area contributed by atoms with Crippen molar-refractivity contribution in [1.29, 1.82) is 0 Å². The molecule has 0 N–H and O–H groups in total. The molecule has 0 unspecified atom stereocenters. The summed E-state index contributed by atoms with van der Waals surface area (Å²) in [6.45, 7) is 0. The van der Waals surface area contributed by atoms with E-state index >= 15 is 0 Å². The minimum Gasteiger partial charge on any atom is -0.494 e. The van der Waals surface area contributed by atoms with Crippen molar-refractivity contribution in [2.45, 2.75) is 25.7 Å². The van der Waals surface area contributed by atoms with E-state index in [2.05, 4.69) is 0 Å². The number of carbonyl (C=O) groups is 1. The minimum absolute atomic E-state index is 0.265. The van der Waals surface area contributed by atoms with E-state index in [1.54, 1.807) is 6.07 Å². The molecule has 0 atom stereocenters. The summed E-state index contributed by atoms with van der Waals surface area (Å²) in [6.07, 6.45) is 4.62. The van der Waals surface area contributed by atoms with Crippen molar-refractivity contribution in [3.05, 3.63) is 41.2 Å². The van der Waals surface area contributed by atoms with Crippen LogP contribution in [0.25, 0.3) is 0 Å². The number of hydrogen-bond acceptors (Lipinski definition) is 2. The third-order valence-electron chi connectivity index (χ3n) is 2.99. The van der Waals surface area contributed by atoms with Crippen LogP contribution in [0.15, 0.2) is 29.8 Å². The highest BCUT2D eigenvalue weighted by molar-refractivity contribution is 5.81. The molecule has 0 saturated carbocycles. The Labute approximate surface area is 100 Å². The van der Waals surface area contributed by atoms with Crippen molar-refractivity contribution >= 4 is 5.78 Å². The van der Waals surface area contributed by atoms with Gasteiger partial charge in [0.05, 0.1) is 7.11 Å². The molecule has 17 heavy (non-hydrogen) atoms. The Morgan fingerprint density at radius 3 is 2.76 bits per heavy atom. The standard InChI is InChI=1S/C14H15FO2/c1-17-14-7-4-11(9-13(14)15)8-10-2-5-12(16)6-3-10/h2,4,7,9H,3,5-6,8H2,1H3. The van der Waals surface area contributed by atoms with Gasteiger partial charge in [-0.3, -0.25) is 4.79 Å². The molecule has 1 aliphatic carbocycles. The van der Waals surface area contributed by atoms with Gasteiger partial charge in [0.15, 0.2) is 11.6 Å². The zero-order valence-corrected chi connectivity index (χ0v) is 9.83. The Morgan fingerprint density at radius 1 is 1.35 bits per heavy atom. The third kappa shape index (κ3) is 2.93. The van der Waals surface area contributed by atoms with Crippen molar-refractivity contribution in [2.24, 2.45) is 0 Å². The number of benzene rings is 1. The van der Waals surface area contributed by atoms with Gasteiger partial charge >= 0.3 is 0 Å². The molecule has 0 bridgehead atoms. The Bertz CT molecular complexity index is 463. The molecule has 0 amide bonds. The smallest absolute Gasteiger partial charge is 0.165 e. The van der Waals surface area contributed by atoms with Crippen LogP contribution in [0.4, 0.5) is 4.39 Å². The predicted octanol–water partition coefficient (Wildman–Crippen LogP) is 3.06. The van der Waals surface area contributed by atoms with Crippen LogP contribution in [0, 0.1) is 5.82 Å². The summed E-state index contributed by atoms with van der Waals surface area (Å²) in [6, 6.07) is 4.99. The molecule has 3 heteroatoms. The van der Waals surface area contributed by atoms with Crippen LogP contribution in [0.1, 0.15) is 24.8 Å². The van der Waals surface area contributed by atoms with Crippen molar-refractivity contribution in [3.8, 4) is 5.75 Å². The Kier molecular flexibility index (Phi) is 3.57. The SMILES string of the molecule is COc1ccc(CC2=CCC(=O)CC2)cc1F. The van der Waals surface area contributed by atoms with Crippen LogP contribution in [-0.2, 0) is 11.2 Å². The van der Waals surface area contributed by atoms with Gasteiger partial charge in [0.25, 0.3) is 0 Å². The van der Waals surface area contributed by atoms with Gasteiger partial charge in [0.2, 0.25) is 0 Å². The van der Waals surface area contributed by atoms with Crippen LogP contribution < -0.4 is 4.74 Å². The third-order valence-corrected chi connectivity index (χ3v) is 2.99.